The van der Waals surface area contributed by atoms with Crippen LogP contribution in [0.25, 0.3) is 0 Å². The van der Waals surface area contributed by atoms with Crippen molar-refractivity contribution in [2.45, 2.75) is 18.8 Å². The normalized spacial score (nSPS) is 17.9. The van der Waals surface area contributed by atoms with Crippen molar-refractivity contribution < 1.29 is 14.7 Å². The maximum absolute atomic E-state index is 12.2. The van der Waals surface area contributed by atoms with Crippen LogP contribution in [0.15, 0.2) is 24.3 Å². The Morgan fingerprint density at radius 3 is 2.84 bits per heavy atom. The van der Waals surface area contributed by atoms with Crippen molar-refractivity contribution in [3.63, 3.8) is 0 Å². The minimum absolute atomic E-state index is 0.0747. The Kier molecular flexibility index (Phi) is 4.47. The molecule has 1 unspecified atom stereocenters. The Morgan fingerprint density at radius 2 is 2.16 bits per heavy atom. The summed E-state index contributed by atoms with van der Waals surface area (Å²) in [6, 6.07) is 7.31. The molecule has 0 saturated heterocycles. The number of hydrogen-bond acceptors (Lipinski definition) is 3. The van der Waals surface area contributed by atoms with Gasteiger partial charge in [0.15, 0.2) is 0 Å². The van der Waals surface area contributed by atoms with Crippen LogP contribution in [0.4, 0.5) is 5.69 Å². The number of anilines is 1. The fourth-order valence-electron chi connectivity index (χ4n) is 2.40. The Balaban J connectivity index is 2.27. The van der Waals surface area contributed by atoms with Gasteiger partial charge in [-0.2, -0.15) is 11.8 Å². The summed E-state index contributed by atoms with van der Waals surface area (Å²) < 4.78 is 0. The van der Waals surface area contributed by atoms with E-state index in [0.29, 0.717) is 19.4 Å². The summed E-state index contributed by atoms with van der Waals surface area (Å²) in [4.78, 5) is 25.1. The third-order valence-electron chi connectivity index (χ3n) is 3.36. The molecule has 5 heteroatoms. The van der Waals surface area contributed by atoms with Crippen LogP contribution in [-0.4, -0.2) is 35.5 Å². The van der Waals surface area contributed by atoms with Crippen LogP contribution in [0.3, 0.4) is 0 Å². The molecule has 1 aromatic rings. The molecule has 0 saturated carbocycles. The molecule has 102 valence electrons. The highest BCUT2D eigenvalue weighted by molar-refractivity contribution is 7.98. The summed E-state index contributed by atoms with van der Waals surface area (Å²) in [6.07, 6.45) is 2.95. The molecule has 1 aliphatic rings. The quantitative estimate of drug-likeness (QED) is 0.919. The highest BCUT2D eigenvalue weighted by Gasteiger charge is 2.31. The van der Waals surface area contributed by atoms with Crippen LogP contribution in [0.1, 0.15) is 24.3 Å². The highest BCUT2D eigenvalue weighted by Crippen LogP contribution is 2.35. The molecule has 0 radical (unpaired) electrons. The predicted octanol–water partition coefficient (Wildman–Crippen LogP) is 2.34. The SMILES string of the molecule is CSCCC(=O)N1CCC(C(=O)O)c2ccccc21. The van der Waals surface area contributed by atoms with E-state index in [1.165, 1.54) is 0 Å². The molecule has 1 N–H and O–H groups in total. The first-order valence-corrected chi connectivity index (χ1v) is 7.65. The van der Waals surface area contributed by atoms with Gasteiger partial charge in [0.05, 0.1) is 5.92 Å². The Labute approximate surface area is 116 Å². The topological polar surface area (TPSA) is 57.6 Å². The first kappa shape index (κ1) is 13.9. The number of carbonyl (C=O) groups excluding carboxylic acids is 1. The number of para-hydroxylation sites is 1. The molecular weight excluding hydrogens is 262 g/mol. The monoisotopic (exact) mass is 279 g/mol. The van der Waals surface area contributed by atoms with Gasteiger partial charge in [-0.05, 0) is 24.3 Å². The van der Waals surface area contributed by atoms with Crippen molar-refractivity contribution in [3.8, 4) is 0 Å². The number of aliphatic carboxylic acids is 1. The minimum Gasteiger partial charge on any atom is -0.481 e. The van der Waals surface area contributed by atoms with E-state index in [1.54, 1.807) is 16.7 Å². The van der Waals surface area contributed by atoms with E-state index in [9.17, 15) is 14.7 Å². The van der Waals surface area contributed by atoms with Crippen LogP contribution >= 0.6 is 11.8 Å². The lowest BCUT2D eigenvalue weighted by Gasteiger charge is -2.32. The van der Waals surface area contributed by atoms with Crippen molar-refractivity contribution in [1.82, 2.24) is 0 Å². The van der Waals surface area contributed by atoms with Crippen LogP contribution in [-0.2, 0) is 9.59 Å². The molecule has 0 spiro atoms. The summed E-state index contributed by atoms with van der Waals surface area (Å²) in [5.41, 5.74) is 1.51. The second kappa shape index (κ2) is 6.10. The van der Waals surface area contributed by atoms with Crippen molar-refractivity contribution in [2.75, 3.05) is 23.5 Å². The van der Waals surface area contributed by atoms with E-state index < -0.39 is 11.9 Å². The van der Waals surface area contributed by atoms with Crippen LogP contribution < -0.4 is 4.90 Å². The van der Waals surface area contributed by atoms with Crippen molar-refractivity contribution >= 4 is 29.3 Å². The Hall–Kier alpha value is -1.49. The van der Waals surface area contributed by atoms with Crippen molar-refractivity contribution in [1.29, 1.82) is 0 Å². The standard InChI is InChI=1S/C14H17NO3S/c1-19-9-7-13(16)15-8-6-11(14(17)18)10-4-2-3-5-12(10)15/h2-5,11H,6-9H2,1H3,(H,17,18). The molecule has 0 bridgehead atoms. The molecule has 4 nitrogen and oxygen atoms in total. The third kappa shape index (κ3) is 2.92. The van der Waals surface area contributed by atoms with Crippen molar-refractivity contribution in [3.05, 3.63) is 29.8 Å². The summed E-state index contributed by atoms with van der Waals surface area (Å²) in [6.45, 7) is 0.487. The summed E-state index contributed by atoms with van der Waals surface area (Å²) in [5.74, 6) is -0.449. The van der Waals surface area contributed by atoms with Gasteiger partial charge in [-0.3, -0.25) is 9.59 Å². The number of amides is 1. The smallest absolute Gasteiger partial charge is 0.311 e. The molecule has 2 rings (SSSR count). The molecule has 0 aliphatic carbocycles. The zero-order chi connectivity index (χ0) is 13.8. The maximum atomic E-state index is 12.2. The average molecular weight is 279 g/mol. The number of thioether (sulfide) groups is 1. The number of carboxylic acid groups (broad SMARTS) is 1. The molecule has 1 aliphatic heterocycles. The molecule has 1 heterocycles. The largest absolute Gasteiger partial charge is 0.481 e. The van der Waals surface area contributed by atoms with E-state index in [-0.39, 0.29) is 5.91 Å². The molecule has 1 amide bonds. The van der Waals surface area contributed by atoms with Gasteiger partial charge in [0.1, 0.15) is 0 Å². The van der Waals surface area contributed by atoms with Crippen LogP contribution in [0.2, 0.25) is 0 Å². The van der Waals surface area contributed by atoms with E-state index in [4.69, 9.17) is 0 Å². The minimum atomic E-state index is -0.816. The van der Waals surface area contributed by atoms with E-state index in [2.05, 4.69) is 0 Å². The molecule has 0 fully saturated rings. The van der Waals surface area contributed by atoms with Crippen LogP contribution in [0, 0.1) is 0 Å². The molecular formula is C14H17NO3S. The fourth-order valence-corrected chi connectivity index (χ4v) is 2.78. The van der Waals surface area contributed by atoms with E-state index >= 15 is 0 Å². The van der Waals surface area contributed by atoms with Crippen molar-refractivity contribution in [2.24, 2.45) is 0 Å². The van der Waals surface area contributed by atoms with Gasteiger partial charge in [0, 0.05) is 24.4 Å². The first-order valence-electron chi connectivity index (χ1n) is 6.26. The molecule has 1 aromatic carbocycles. The lowest BCUT2D eigenvalue weighted by molar-refractivity contribution is -0.139. The van der Waals surface area contributed by atoms with Gasteiger partial charge in [-0.25, -0.2) is 0 Å². The second-order valence-corrected chi connectivity index (χ2v) is 5.51. The number of hydrogen-bond donors (Lipinski definition) is 1. The average Bonchev–Trinajstić information content (AvgIpc) is 2.43. The van der Waals surface area contributed by atoms with Gasteiger partial charge in [-0.15, -0.1) is 0 Å². The highest BCUT2D eigenvalue weighted by atomic mass is 32.2. The Morgan fingerprint density at radius 1 is 1.42 bits per heavy atom. The summed E-state index contributed by atoms with van der Waals surface area (Å²) >= 11 is 1.64. The van der Waals surface area contributed by atoms with Crippen LogP contribution in [0.5, 0.6) is 0 Å². The van der Waals surface area contributed by atoms with E-state index in [1.807, 2.05) is 30.5 Å². The first-order chi connectivity index (χ1) is 9.15. The number of rotatable bonds is 4. The number of nitrogens with zero attached hydrogens (tertiary/aromatic N) is 1. The van der Waals surface area contributed by atoms with E-state index in [0.717, 1.165) is 17.0 Å². The number of carbonyl (C=O) groups is 2. The fraction of sp³-hybridized carbons (Fsp3) is 0.429. The molecule has 1 atom stereocenters. The van der Waals surface area contributed by atoms with Gasteiger partial charge in [0.25, 0.3) is 0 Å². The number of benzene rings is 1. The number of carboxylic acids is 1. The maximum Gasteiger partial charge on any atom is 0.311 e. The number of fused-ring (bicyclic) bond motifs is 1. The summed E-state index contributed by atoms with van der Waals surface area (Å²) in [5, 5.41) is 9.24. The predicted molar refractivity (Wildman–Crippen MR) is 76.8 cm³/mol. The second-order valence-electron chi connectivity index (χ2n) is 4.53. The lowest BCUT2D eigenvalue weighted by atomic mass is 9.90. The zero-order valence-corrected chi connectivity index (χ0v) is 11.7. The third-order valence-corrected chi connectivity index (χ3v) is 3.98. The van der Waals surface area contributed by atoms with Gasteiger partial charge in [0.2, 0.25) is 5.91 Å². The Bertz CT molecular complexity index is 489. The van der Waals surface area contributed by atoms with Gasteiger partial charge < -0.3 is 10.0 Å². The lowest BCUT2D eigenvalue weighted by Crippen LogP contribution is -2.38. The molecule has 19 heavy (non-hydrogen) atoms. The van der Waals surface area contributed by atoms with Gasteiger partial charge >= 0.3 is 5.97 Å². The van der Waals surface area contributed by atoms with Gasteiger partial charge in [-0.1, -0.05) is 18.2 Å². The molecule has 0 aromatic heterocycles. The zero-order valence-electron chi connectivity index (χ0n) is 10.8. The summed E-state index contributed by atoms with van der Waals surface area (Å²) in [7, 11) is 0.